The second-order valence-electron chi connectivity index (χ2n) is 17.1. The van der Waals surface area contributed by atoms with Crippen LogP contribution >= 0.6 is 0 Å². The molecule has 4 amide bonds. The zero-order valence-electron chi connectivity index (χ0n) is 31.6. The van der Waals surface area contributed by atoms with Crippen LogP contribution in [0, 0.1) is 18.7 Å². The van der Waals surface area contributed by atoms with Crippen LogP contribution in [0.25, 0.3) is 10.9 Å². The Hall–Kier alpha value is -4.27. The van der Waals surface area contributed by atoms with E-state index in [1.807, 2.05) is 12.2 Å². The van der Waals surface area contributed by atoms with Crippen LogP contribution in [0.15, 0.2) is 30.4 Å². The van der Waals surface area contributed by atoms with Crippen molar-refractivity contribution in [2.24, 2.45) is 5.92 Å². The van der Waals surface area contributed by atoms with Crippen molar-refractivity contribution in [2.75, 3.05) is 6.54 Å². The van der Waals surface area contributed by atoms with Crippen molar-refractivity contribution < 1.29 is 41.5 Å². The van der Waals surface area contributed by atoms with E-state index < -0.39 is 79.1 Å². The predicted molar refractivity (Wildman–Crippen MR) is 197 cm³/mol. The lowest BCUT2D eigenvalue weighted by molar-refractivity contribution is -0.141. The van der Waals surface area contributed by atoms with E-state index >= 15 is 0 Å². The first-order valence-electron chi connectivity index (χ1n) is 19.0. The van der Waals surface area contributed by atoms with Crippen LogP contribution in [-0.2, 0) is 35.6 Å². The van der Waals surface area contributed by atoms with E-state index in [0.29, 0.717) is 61.9 Å². The summed E-state index contributed by atoms with van der Waals surface area (Å²) in [6, 6.07) is 2.29. The maximum Gasteiger partial charge on any atom is 0.408 e. The molecule has 5 atom stereocenters. The number of halogens is 1. The first-order chi connectivity index (χ1) is 25.3. The number of nitrogens with zero attached hydrogens (tertiary/aromatic N) is 2. The Labute approximate surface area is 315 Å². The minimum absolute atomic E-state index is 0.00597. The van der Waals surface area contributed by atoms with Gasteiger partial charge in [0.1, 0.15) is 40.4 Å². The highest BCUT2D eigenvalue weighted by molar-refractivity contribution is 7.91. The Kier molecular flexibility index (Phi) is 9.50. The second kappa shape index (κ2) is 13.5. The van der Waals surface area contributed by atoms with Gasteiger partial charge in [-0.1, -0.05) is 25.0 Å². The standard InChI is InChI=1S/C39H50FN5O8S/c1-23-31-27(26-14-13-25(40)19-29(26)41-23)15-16-38(52-31)21-30-32(46)43-39(34(48)44-54(50,51)37(5)17-18-37)20-24(39)11-9-7-6-8-10-12-28(33(47)45(30)22-38)42-35(49)53-36(2,3)4/h9,11,13-14,19,24,28,30H,6-8,10,12,15-18,20-22H2,1-5H3,(H,42,49)(H,43,46)(H,44,48)/b11-9-/t24-,28?,30+,38-,39-/m1/s1. The number of benzene rings is 1. The van der Waals surface area contributed by atoms with Gasteiger partial charge < -0.3 is 25.0 Å². The van der Waals surface area contributed by atoms with Crippen molar-refractivity contribution in [1.82, 2.24) is 25.2 Å². The molecule has 1 aromatic carbocycles. The van der Waals surface area contributed by atoms with E-state index in [0.717, 1.165) is 23.8 Å². The second-order valence-corrected chi connectivity index (χ2v) is 19.3. The molecule has 3 N–H and O–H groups in total. The summed E-state index contributed by atoms with van der Waals surface area (Å²) in [6.07, 6.45) is 8.26. The molecule has 13 nitrogen and oxygen atoms in total. The fraction of sp³-hybridized carbons (Fsp3) is 0.615. The number of hydrogen-bond acceptors (Lipinski definition) is 9. The molecule has 1 unspecified atom stereocenters. The van der Waals surface area contributed by atoms with Gasteiger partial charge in [-0.25, -0.2) is 22.6 Å². The fourth-order valence-corrected chi connectivity index (χ4v) is 9.43. The molecule has 0 radical (unpaired) electrons. The zero-order chi connectivity index (χ0) is 38.8. The molecule has 1 saturated heterocycles. The molecule has 0 bridgehead atoms. The highest BCUT2D eigenvalue weighted by Gasteiger charge is 2.64. The summed E-state index contributed by atoms with van der Waals surface area (Å²) in [5.41, 5.74) is -1.47. The number of hydrogen-bond donors (Lipinski definition) is 3. The third kappa shape index (κ3) is 7.27. The van der Waals surface area contributed by atoms with Crippen molar-refractivity contribution in [3.8, 4) is 5.75 Å². The van der Waals surface area contributed by atoms with Gasteiger partial charge in [0.2, 0.25) is 21.8 Å². The molecule has 292 valence electrons. The molecule has 4 heterocycles. The van der Waals surface area contributed by atoms with Crippen LogP contribution in [0.1, 0.15) is 103 Å². The van der Waals surface area contributed by atoms with Gasteiger partial charge in [-0.2, -0.15) is 0 Å². The lowest BCUT2D eigenvalue weighted by atomic mass is 9.87. The van der Waals surface area contributed by atoms with Crippen molar-refractivity contribution >= 4 is 44.7 Å². The topological polar surface area (TPSA) is 173 Å². The zero-order valence-corrected chi connectivity index (χ0v) is 32.4. The normalized spacial score (nSPS) is 30.0. The molecule has 2 aromatic rings. The molecule has 1 aromatic heterocycles. The number of rotatable bonds is 4. The Morgan fingerprint density at radius 1 is 1.11 bits per heavy atom. The Morgan fingerprint density at radius 2 is 1.87 bits per heavy atom. The van der Waals surface area contributed by atoms with Crippen molar-refractivity contribution in [2.45, 2.75) is 139 Å². The number of carbonyl (C=O) groups excluding carboxylic acids is 4. The molecule has 15 heteroatoms. The molecule has 7 rings (SSSR count). The molecular formula is C39H50FN5O8S. The average Bonchev–Trinajstić information content (AvgIpc) is 3.97. The molecule has 3 fully saturated rings. The number of aromatic nitrogens is 1. The van der Waals surface area contributed by atoms with E-state index in [9.17, 15) is 32.0 Å². The largest absolute Gasteiger partial charge is 0.483 e. The van der Waals surface area contributed by atoms with Gasteiger partial charge in [-0.3, -0.25) is 19.1 Å². The van der Waals surface area contributed by atoms with E-state index in [1.54, 1.807) is 40.7 Å². The smallest absolute Gasteiger partial charge is 0.408 e. The molecule has 2 aliphatic carbocycles. The maximum absolute atomic E-state index is 14.7. The summed E-state index contributed by atoms with van der Waals surface area (Å²) >= 11 is 0. The first kappa shape index (κ1) is 38.0. The number of fused-ring (bicyclic) bond motifs is 5. The van der Waals surface area contributed by atoms with Gasteiger partial charge in [0.05, 0.1) is 22.5 Å². The Morgan fingerprint density at radius 3 is 2.59 bits per heavy atom. The van der Waals surface area contributed by atoms with Gasteiger partial charge in [-0.05, 0) is 98.1 Å². The maximum atomic E-state index is 14.7. The van der Waals surface area contributed by atoms with Crippen molar-refractivity contribution in [3.05, 3.63) is 47.4 Å². The van der Waals surface area contributed by atoms with Gasteiger partial charge in [-0.15, -0.1) is 0 Å². The summed E-state index contributed by atoms with van der Waals surface area (Å²) in [5.74, 6) is -2.24. The van der Waals surface area contributed by atoms with Gasteiger partial charge >= 0.3 is 6.09 Å². The van der Waals surface area contributed by atoms with Crippen LogP contribution in [0.2, 0.25) is 0 Å². The molecular weight excluding hydrogens is 718 g/mol. The van der Waals surface area contributed by atoms with Crippen LogP contribution in [0.3, 0.4) is 0 Å². The quantitative estimate of drug-likeness (QED) is 0.375. The average molecular weight is 768 g/mol. The number of ether oxygens (including phenoxy) is 2. The first-order valence-corrected chi connectivity index (χ1v) is 20.5. The fourth-order valence-electron chi connectivity index (χ4n) is 8.12. The van der Waals surface area contributed by atoms with Crippen LogP contribution < -0.4 is 20.1 Å². The van der Waals surface area contributed by atoms with E-state index in [-0.39, 0.29) is 19.4 Å². The highest BCUT2D eigenvalue weighted by atomic mass is 32.2. The Balaban J connectivity index is 1.23. The number of allylic oxidation sites excluding steroid dienone is 1. The monoisotopic (exact) mass is 767 g/mol. The van der Waals surface area contributed by atoms with Crippen LogP contribution in [-0.4, -0.2) is 82.2 Å². The summed E-state index contributed by atoms with van der Waals surface area (Å²) < 4.78 is 54.0. The van der Waals surface area contributed by atoms with Gasteiger partial charge in [0.15, 0.2) is 0 Å². The number of amides is 4. The lowest BCUT2D eigenvalue weighted by Crippen LogP contribution is -2.58. The number of alkyl carbamates (subject to hydrolysis) is 1. The summed E-state index contributed by atoms with van der Waals surface area (Å²) in [7, 11) is -4.00. The molecule has 5 aliphatic rings. The van der Waals surface area contributed by atoms with Gasteiger partial charge in [0, 0.05) is 29.4 Å². The predicted octanol–water partition coefficient (Wildman–Crippen LogP) is 4.63. The number of aryl methyl sites for hydroxylation is 2. The number of sulfonamides is 1. The Bertz CT molecular complexity index is 2050. The lowest BCUT2D eigenvalue weighted by Gasteiger charge is -2.36. The number of pyridine rings is 1. The number of carbonyl (C=O) groups is 4. The summed E-state index contributed by atoms with van der Waals surface area (Å²) in [5, 5.41) is 6.44. The third-order valence-corrected chi connectivity index (χ3v) is 13.8. The van der Waals surface area contributed by atoms with Crippen molar-refractivity contribution in [1.29, 1.82) is 0 Å². The highest BCUT2D eigenvalue weighted by Crippen LogP contribution is 2.49. The molecule has 2 saturated carbocycles. The minimum Gasteiger partial charge on any atom is -0.483 e. The molecule has 1 spiro atoms. The van der Waals surface area contributed by atoms with E-state index in [4.69, 9.17) is 9.47 Å². The van der Waals surface area contributed by atoms with Crippen LogP contribution in [0.5, 0.6) is 5.75 Å². The number of nitrogens with one attached hydrogen (secondary N) is 3. The molecule has 3 aliphatic heterocycles. The summed E-state index contributed by atoms with van der Waals surface area (Å²) in [4.78, 5) is 62.3. The summed E-state index contributed by atoms with van der Waals surface area (Å²) in [6.45, 7) is 8.55. The minimum atomic E-state index is -4.00. The van der Waals surface area contributed by atoms with Gasteiger partial charge in [0.25, 0.3) is 5.91 Å². The van der Waals surface area contributed by atoms with Crippen LogP contribution in [0.4, 0.5) is 9.18 Å². The SMILES string of the molecule is Cc1nc2cc(F)ccc2c2c1O[C@]1(CC2)C[C@H]2C(=O)N[C@]3(C(=O)NS(=O)(=O)C4(C)CC4)C[C@H]3/C=C\CCCCCC(NC(=O)OC(C)(C)C)C(=O)N2C1. The molecule has 54 heavy (non-hydrogen) atoms. The van der Waals surface area contributed by atoms with Crippen molar-refractivity contribution in [3.63, 3.8) is 0 Å². The van der Waals surface area contributed by atoms with E-state index in [2.05, 4.69) is 20.3 Å². The van der Waals surface area contributed by atoms with E-state index in [1.165, 1.54) is 17.0 Å². The third-order valence-electron chi connectivity index (χ3n) is 11.6.